The molecule has 0 aliphatic rings. The summed E-state index contributed by atoms with van der Waals surface area (Å²) in [6, 6.07) is 12.3. The van der Waals surface area contributed by atoms with Crippen LogP contribution in [-0.2, 0) is 24.8 Å². The standard InChI is InChI=1S/C21H29N3O6S2/c1-6-20(16-7-11-18(30-4)12-8-16)22-21(25)15-24(31(5,26)27)17-9-13-19(14-10-17)32(28,29)23(2)3/h7-14,20H,6,15H2,1-5H3,(H,22,25). The Hall–Kier alpha value is -2.63. The quantitative estimate of drug-likeness (QED) is 0.553. The van der Waals surface area contributed by atoms with Crippen LogP contribution < -0.4 is 14.4 Å². The molecule has 0 aliphatic heterocycles. The predicted molar refractivity (Wildman–Crippen MR) is 124 cm³/mol. The third-order valence-electron chi connectivity index (χ3n) is 4.85. The topological polar surface area (TPSA) is 113 Å². The Morgan fingerprint density at radius 1 is 1.00 bits per heavy atom. The smallest absolute Gasteiger partial charge is 0.242 e. The predicted octanol–water partition coefficient (Wildman–Crippen LogP) is 1.98. The van der Waals surface area contributed by atoms with Gasteiger partial charge >= 0.3 is 0 Å². The molecular weight excluding hydrogens is 454 g/mol. The van der Waals surface area contributed by atoms with Crippen molar-refractivity contribution in [3.63, 3.8) is 0 Å². The van der Waals surface area contributed by atoms with Crippen molar-refractivity contribution >= 4 is 31.6 Å². The number of benzene rings is 2. The van der Waals surface area contributed by atoms with Crippen molar-refractivity contribution < 1.29 is 26.4 Å². The zero-order chi connectivity index (χ0) is 24.1. The van der Waals surface area contributed by atoms with E-state index in [0.29, 0.717) is 12.2 Å². The van der Waals surface area contributed by atoms with E-state index >= 15 is 0 Å². The third-order valence-corrected chi connectivity index (χ3v) is 7.82. The number of methoxy groups -OCH3 is 1. The fourth-order valence-corrected chi connectivity index (χ4v) is 4.78. The van der Waals surface area contributed by atoms with Gasteiger partial charge in [-0.15, -0.1) is 0 Å². The van der Waals surface area contributed by atoms with E-state index in [9.17, 15) is 21.6 Å². The minimum Gasteiger partial charge on any atom is -0.497 e. The van der Waals surface area contributed by atoms with E-state index < -0.39 is 32.5 Å². The molecule has 0 radical (unpaired) electrons. The number of nitrogens with one attached hydrogen (secondary N) is 1. The van der Waals surface area contributed by atoms with Crippen molar-refractivity contribution in [3.05, 3.63) is 54.1 Å². The summed E-state index contributed by atoms with van der Waals surface area (Å²) < 4.78 is 56.3. The van der Waals surface area contributed by atoms with Gasteiger partial charge in [-0.3, -0.25) is 9.10 Å². The maximum Gasteiger partial charge on any atom is 0.242 e. The minimum absolute atomic E-state index is 0.0229. The van der Waals surface area contributed by atoms with Crippen molar-refractivity contribution in [1.29, 1.82) is 0 Å². The Morgan fingerprint density at radius 2 is 1.56 bits per heavy atom. The van der Waals surface area contributed by atoms with E-state index in [0.717, 1.165) is 20.4 Å². The number of anilines is 1. The zero-order valence-electron chi connectivity index (χ0n) is 18.8. The van der Waals surface area contributed by atoms with Crippen LogP contribution in [0.3, 0.4) is 0 Å². The number of ether oxygens (including phenoxy) is 1. The molecule has 0 fully saturated rings. The molecule has 0 saturated carbocycles. The second-order valence-electron chi connectivity index (χ2n) is 7.35. The van der Waals surface area contributed by atoms with E-state index in [4.69, 9.17) is 4.74 Å². The Labute approximate surface area is 190 Å². The maximum absolute atomic E-state index is 12.7. The van der Waals surface area contributed by atoms with Crippen molar-refractivity contribution in [1.82, 2.24) is 9.62 Å². The molecule has 2 aromatic carbocycles. The van der Waals surface area contributed by atoms with Crippen molar-refractivity contribution in [3.8, 4) is 5.75 Å². The number of rotatable bonds is 10. The number of hydrogen-bond acceptors (Lipinski definition) is 6. The summed E-state index contributed by atoms with van der Waals surface area (Å²) in [5.41, 5.74) is 1.06. The molecule has 1 unspecified atom stereocenters. The molecule has 0 bridgehead atoms. The Kier molecular flexibility index (Phi) is 8.27. The number of carbonyl (C=O) groups excluding carboxylic acids is 1. The molecule has 0 saturated heterocycles. The van der Waals surface area contributed by atoms with Crippen LogP contribution in [0.1, 0.15) is 24.9 Å². The average Bonchev–Trinajstić information content (AvgIpc) is 2.75. The monoisotopic (exact) mass is 483 g/mol. The Morgan fingerprint density at radius 3 is 2.00 bits per heavy atom. The highest BCUT2D eigenvalue weighted by molar-refractivity contribution is 7.92. The molecule has 0 aromatic heterocycles. The first-order valence-electron chi connectivity index (χ1n) is 9.83. The maximum atomic E-state index is 12.7. The Bertz CT molecular complexity index is 1130. The van der Waals surface area contributed by atoms with Gasteiger partial charge in [0.05, 0.1) is 30.0 Å². The summed E-state index contributed by atoms with van der Waals surface area (Å²) in [5.74, 6) is 0.209. The molecule has 11 heteroatoms. The van der Waals surface area contributed by atoms with Crippen molar-refractivity contribution in [2.24, 2.45) is 0 Å². The van der Waals surface area contributed by atoms with E-state index in [2.05, 4.69) is 5.32 Å². The summed E-state index contributed by atoms with van der Waals surface area (Å²) >= 11 is 0. The molecule has 2 aromatic rings. The lowest BCUT2D eigenvalue weighted by molar-refractivity contribution is -0.120. The van der Waals surface area contributed by atoms with Gasteiger partial charge in [-0.05, 0) is 48.4 Å². The third kappa shape index (κ3) is 6.21. The number of amides is 1. The van der Waals surface area contributed by atoms with Gasteiger partial charge in [0.25, 0.3) is 0 Å². The second kappa shape index (κ2) is 10.3. The van der Waals surface area contributed by atoms with Crippen LogP contribution in [-0.4, -0.2) is 61.1 Å². The van der Waals surface area contributed by atoms with Gasteiger partial charge in [-0.2, -0.15) is 0 Å². The van der Waals surface area contributed by atoms with E-state index in [1.54, 1.807) is 19.2 Å². The number of carbonyl (C=O) groups is 1. The molecule has 2 rings (SSSR count). The molecule has 1 atom stereocenters. The highest BCUT2D eigenvalue weighted by Crippen LogP contribution is 2.23. The summed E-state index contributed by atoms with van der Waals surface area (Å²) in [6.07, 6.45) is 1.60. The summed E-state index contributed by atoms with van der Waals surface area (Å²) in [4.78, 5) is 12.7. The van der Waals surface area contributed by atoms with Gasteiger partial charge < -0.3 is 10.1 Å². The molecule has 32 heavy (non-hydrogen) atoms. The van der Waals surface area contributed by atoms with Crippen LogP contribution in [0.15, 0.2) is 53.4 Å². The number of nitrogens with zero attached hydrogens (tertiary/aromatic N) is 2. The first-order chi connectivity index (χ1) is 14.9. The average molecular weight is 484 g/mol. The van der Waals surface area contributed by atoms with E-state index in [1.165, 1.54) is 38.4 Å². The van der Waals surface area contributed by atoms with Crippen LogP contribution in [0.2, 0.25) is 0 Å². The lowest BCUT2D eigenvalue weighted by atomic mass is 10.0. The van der Waals surface area contributed by atoms with Crippen molar-refractivity contribution in [2.45, 2.75) is 24.3 Å². The van der Waals surface area contributed by atoms with Gasteiger partial charge in [-0.25, -0.2) is 21.1 Å². The van der Waals surface area contributed by atoms with Crippen LogP contribution in [0.25, 0.3) is 0 Å². The number of hydrogen-bond donors (Lipinski definition) is 1. The SMILES string of the molecule is CCC(NC(=O)CN(c1ccc(S(=O)(=O)N(C)C)cc1)S(C)(=O)=O)c1ccc(OC)cc1. The second-order valence-corrected chi connectivity index (χ2v) is 11.4. The molecular formula is C21H29N3O6S2. The number of sulfonamides is 2. The highest BCUT2D eigenvalue weighted by atomic mass is 32.2. The first kappa shape index (κ1) is 25.6. The lowest BCUT2D eigenvalue weighted by Crippen LogP contribution is -2.41. The van der Waals surface area contributed by atoms with Crippen LogP contribution in [0, 0.1) is 0 Å². The fraction of sp³-hybridized carbons (Fsp3) is 0.381. The summed E-state index contributed by atoms with van der Waals surface area (Å²) in [5, 5.41) is 2.85. The largest absolute Gasteiger partial charge is 0.497 e. The van der Waals surface area contributed by atoms with Gasteiger partial charge in [-0.1, -0.05) is 19.1 Å². The Balaban J connectivity index is 2.22. The molecule has 9 nitrogen and oxygen atoms in total. The molecule has 176 valence electrons. The van der Waals surface area contributed by atoms with Crippen LogP contribution >= 0.6 is 0 Å². The van der Waals surface area contributed by atoms with Gasteiger partial charge in [0.2, 0.25) is 26.0 Å². The molecule has 0 spiro atoms. The fourth-order valence-electron chi connectivity index (χ4n) is 3.02. The normalized spacial score (nSPS) is 12.9. The van der Waals surface area contributed by atoms with Gasteiger partial charge in [0, 0.05) is 14.1 Å². The van der Waals surface area contributed by atoms with E-state index in [1.807, 2.05) is 19.1 Å². The summed E-state index contributed by atoms with van der Waals surface area (Å²) in [6.45, 7) is 1.47. The molecule has 0 heterocycles. The van der Waals surface area contributed by atoms with Gasteiger partial charge in [0.1, 0.15) is 12.3 Å². The highest BCUT2D eigenvalue weighted by Gasteiger charge is 2.24. The van der Waals surface area contributed by atoms with E-state index in [-0.39, 0.29) is 16.6 Å². The summed E-state index contributed by atoms with van der Waals surface area (Å²) in [7, 11) is -3.08. The molecule has 1 amide bonds. The van der Waals surface area contributed by atoms with Gasteiger partial charge in [0.15, 0.2) is 0 Å². The molecule has 0 aliphatic carbocycles. The minimum atomic E-state index is -3.80. The zero-order valence-corrected chi connectivity index (χ0v) is 20.4. The lowest BCUT2D eigenvalue weighted by Gasteiger charge is -2.24. The molecule has 1 N–H and O–H groups in total. The first-order valence-corrected chi connectivity index (χ1v) is 13.1. The van der Waals surface area contributed by atoms with Crippen molar-refractivity contribution in [2.75, 3.05) is 38.3 Å². The van der Waals surface area contributed by atoms with Crippen LogP contribution in [0.4, 0.5) is 5.69 Å². The van der Waals surface area contributed by atoms with Crippen LogP contribution in [0.5, 0.6) is 5.75 Å².